The first-order valence-corrected chi connectivity index (χ1v) is 9.91. The van der Waals surface area contributed by atoms with Crippen molar-refractivity contribution in [2.24, 2.45) is 4.99 Å². The fourth-order valence-electron chi connectivity index (χ4n) is 3.28. The van der Waals surface area contributed by atoms with Crippen LogP contribution in [0.4, 0.5) is 0 Å². The summed E-state index contributed by atoms with van der Waals surface area (Å²) < 4.78 is 0. The molecule has 1 amide bonds. The topological polar surface area (TPSA) is 60.8 Å². The highest BCUT2D eigenvalue weighted by molar-refractivity contribution is 14.0. The van der Waals surface area contributed by atoms with Gasteiger partial charge in [0.05, 0.1) is 6.42 Å². The van der Waals surface area contributed by atoms with E-state index < -0.39 is 0 Å². The zero-order valence-electron chi connectivity index (χ0n) is 16.6. The van der Waals surface area contributed by atoms with Crippen molar-refractivity contribution in [2.75, 3.05) is 39.8 Å². The number of amides is 1. The van der Waals surface area contributed by atoms with Crippen molar-refractivity contribution in [1.29, 1.82) is 0 Å². The van der Waals surface area contributed by atoms with E-state index in [1.807, 2.05) is 53.6 Å². The van der Waals surface area contributed by atoms with Crippen molar-refractivity contribution in [3.8, 4) is 0 Å². The number of rotatable bonds is 5. The van der Waals surface area contributed by atoms with Crippen LogP contribution in [0, 0.1) is 0 Å². The minimum absolute atomic E-state index is 0. The number of hydrogen-bond acceptors (Lipinski definition) is 3. The van der Waals surface area contributed by atoms with Crippen molar-refractivity contribution in [3.63, 3.8) is 0 Å². The third kappa shape index (κ3) is 7.15. The lowest BCUT2D eigenvalue weighted by Gasteiger charge is -2.36. The van der Waals surface area contributed by atoms with Gasteiger partial charge in [-0.2, -0.15) is 0 Å². The highest BCUT2D eigenvalue weighted by Gasteiger charge is 2.23. The molecule has 0 spiro atoms. The van der Waals surface area contributed by atoms with Gasteiger partial charge in [0, 0.05) is 63.1 Å². The Morgan fingerprint density at radius 2 is 1.90 bits per heavy atom. The Bertz CT molecular complexity index is 810. The molecule has 0 bridgehead atoms. The normalized spacial score (nSPS) is 14.3. The standard InChI is InChI=1S/C21H26ClN5O.HI/c1-23-21(25-10-8-19-7-2-3-9-24-19)27-13-11-26(12-14-27)20(28)16-17-5-4-6-18(22)15-17;/h2-7,9,15H,8,10-14,16H2,1H3,(H,23,25);1H. The van der Waals surface area contributed by atoms with Crippen molar-refractivity contribution in [1.82, 2.24) is 20.1 Å². The van der Waals surface area contributed by atoms with E-state index in [-0.39, 0.29) is 29.9 Å². The molecule has 1 fully saturated rings. The highest BCUT2D eigenvalue weighted by atomic mass is 127. The second kappa shape index (κ2) is 12.0. The van der Waals surface area contributed by atoms with Crippen LogP contribution in [-0.2, 0) is 17.6 Å². The van der Waals surface area contributed by atoms with Crippen LogP contribution < -0.4 is 5.32 Å². The summed E-state index contributed by atoms with van der Waals surface area (Å²) in [5.74, 6) is 1.01. The Morgan fingerprint density at radius 3 is 2.55 bits per heavy atom. The molecule has 156 valence electrons. The van der Waals surface area contributed by atoms with E-state index in [0.29, 0.717) is 24.5 Å². The highest BCUT2D eigenvalue weighted by Crippen LogP contribution is 2.13. The molecule has 1 saturated heterocycles. The Balaban J connectivity index is 0.00000300. The molecular formula is C21H27ClIN5O. The lowest BCUT2D eigenvalue weighted by atomic mass is 10.1. The molecule has 0 atom stereocenters. The van der Waals surface area contributed by atoms with Crippen molar-refractivity contribution < 1.29 is 4.79 Å². The van der Waals surface area contributed by atoms with Gasteiger partial charge in [0.25, 0.3) is 0 Å². The minimum atomic E-state index is 0. The second-order valence-corrected chi connectivity index (χ2v) is 7.16. The first kappa shape index (κ1) is 23.4. The second-order valence-electron chi connectivity index (χ2n) is 6.72. The molecule has 0 aliphatic carbocycles. The Hall–Kier alpha value is -1.87. The maximum atomic E-state index is 12.6. The summed E-state index contributed by atoms with van der Waals surface area (Å²) in [4.78, 5) is 25.4. The molecule has 1 aromatic carbocycles. The Morgan fingerprint density at radius 1 is 1.14 bits per heavy atom. The molecule has 6 nitrogen and oxygen atoms in total. The van der Waals surface area contributed by atoms with E-state index >= 15 is 0 Å². The molecule has 3 rings (SSSR count). The quantitative estimate of drug-likeness (QED) is 0.369. The lowest BCUT2D eigenvalue weighted by molar-refractivity contribution is -0.131. The maximum absolute atomic E-state index is 12.6. The van der Waals surface area contributed by atoms with Crippen LogP contribution in [0.2, 0.25) is 5.02 Å². The first-order valence-electron chi connectivity index (χ1n) is 9.53. The Labute approximate surface area is 194 Å². The average molecular weight is 528 g/mol. The van der Waals surface area contributed by atoms with Crippen LogP contribution in [0.1, 0.15) is 11.3 Å². The number of guanidine groups is 1. The van der Waals surface area contributed by atoms with Crippen LogP contribution in [-0.4, -0.2) is 66.4 Å². The molecule has 0 radical (unpaired) electrons. The lowest BCUT2D eigenvalue weighted by Crippen LogP contribution is -2.54. The van der Waals surface area contributed by atoms with Crippen LogP contribution in [0.5, 0.6) is 0 Å². The van der Waals surface area contributed by atoms with E-state index in [1.54, 1.807) is 7.05 Å². The first-order chi connectivity index (χ1) is 13.7. The molecule has 2 heterocycles. The van der Waals surface area contributed by atoms with Gasteiger partial charge >= 0.3 is 0 Å². The number of halogens is 2. The molecular weight excluding hydrogens is 501 g/mol. The third-order valence-corrected chi connectivity index (χ3v) is 5.01. The summed E-state index contributed by atoms with van der Waals surface area (Å²) in [6.45, 7) is 3.70. The summed E-state index contributed by atoms with van der Waals surface area (Å²) in [5.41, 5.74) is 2.01. The van der Waals surface area contributed by atoms with Crippen molar-refractivity contribution >= 4 is 47.4 Å². The smallest absolute Gasteiger partial charge is 0.227 e. The number of aliphatic imine (C=N–C) groups is 1. The predicted molar refractivity (Wildman–Crippen MR) is 128 cm³/mol. The molecule has 29 heavy (non-hydrogen) atoms. The zero-order chi connectivity index (χ0) is 19.8. The molecule has 0 unspecified atom stereocenters. The number of nitrogens with one attached hydrogen (secondary N) is 1. The number of pyridine rings is 1. The number of carbonyl (C=O) groups is 1. The van der Waals surface area contributed by atoms with Gasteiger partial charge in [-0.1, -0.05) is 29.8 Å². The summed E-state index contributed by atoms with van der Waals surface area (Å²) in [6, 6.07) is 13.4. The average Bonchev–Trinajstić information content (AvgIpc) is 2.72. The summed E-state index contributed by atoms with van der Waals surface area (Å²) >= 11 is 6.01. The number of aromatic nitrogens is 1. The SMILES string of the molecule is CN=C(NCCc1ccccn1)N1CCN(C(=O)Cc2cccc(Cl)c2)CC1.I. The monoisotopic (exact) mass is 527 g/mol. The number of benzene rings is 1. The van der Waals surface area contributed by atoms with Gasteiger partial charge in [0.2, 0.25) is 5.91 Å². The third-order valence-electron chi connectivity index (χ3n) is 4.78. The van der Waals surface area contributed by atoms with Gasteiger partial charge in [-0.15, -0.1) is 24.0 Å². The van der Waals surface area contributed by atoms with Crippen molar-refractivity contribution in [2.45, 2.75) is 12.8 Å². The summed E-state index contributed by atoms with van der Waals surface area (Å²) in [5, 5.41) is 4.06. The maximum Gasteiger partial charge on any atom is 0.227 e. The molecule has 1 aliphatic rings. The van der Waals surface area contributed by atoms with Crippen LogP contribution in [0.3, 0.4) is 0 Å². The van der Waals surface area contributed by atoms with E-state index in [0.717, 1.165) is 43.3 Å². The zero-order valence-corrected chi connectivity index (χ0v) is 19.6. The number of hydrogen-bond donors (Lipinski definition) is 1. The largest absolute Gasteiger partial charge is 0.356 e. The van der Waals surface area contributed by atoms with E-state index in [1.165, 1.54) is 0 Å². The fraction of sp³-hybridized carbons (Fsp3) is 0.381. The summed E-state index contributed by atoms with van der Waals surface area (Å²) in [7, 11) is 1.79. The molecule has 8 heteroatoms. The molecule has 2 aromatic rings. The number of nitrogens with zero attached hydrogens (tertiary/aromatic N) is 4. The van der Waals surface area contributed by atoms with E-state index in [9.17, 15) is 4.79 Å². The van der Waals surface area contributed by atoms with E-state index in [4.69, 9.17) is 11.6 Å². The number of piperazine rings is 1. The fourth-order valence-corrected chi connectivity index (χ4v) is 3.49. The summed E-state index contributed by atoms with van der Waals surface area (Å²) in [6.07, 6.45) is 3.04. The number of carbonyl (C=O) groups excluding carboxylic acids is 1. The molecule has 1 aliphatic heterocycles. The van der Waals surface area contributed by atoms with Gasteiger partial charge in [-0.3, -0.25) is 14.8 Å². The molecule has 0 saturated carbocycles. The van der Waals surface area contributed by atoms with Gasteiger partial charge in [-0.05, 0) is 29.8 Å². The predicted octanol–water partition coefficient (Wildman–Crippen LogP) is 2.86. The van der Waals surface area contributed by atoms with Gasteiger partial charge < -0.3 is 15.1 Å². The molecule has 1 aromatic heterocycles. The van der Waals surface area contributed by atoms with Crippen LogP contribution in [0.25, 0.3) is 0 Å². The minimum Gasteiger partial charge on any atom is -0.356 e. The van der Waals surface area contributed by atoms with E-state index in [2.05, 4.69) is 20.2 Å². The van der Waals surface area contributed by atoms with Gasteiger partial charge in [-0.25, -0.2) is 0 Å². The Kier molecular flexibility index (Phi) is 9.66. The molecule has 1 N–H and O–H groups in total. The van der Waals surface area contributed by atoms with Crippen LogP contribution in [0.15, 0.2) is 53.7 Å². The van der Waals surface area contributed by atoms with Crippen LogP contribution >= 0.6 is 35.6 Å². The van der Waals surface area contributed by atoms with Gasteiger partial charge in [0.1, 0.15) is 0 Å². The van der Waals surface area contributed by atoms with Crippen molar-refractivity contribution in [3.05, 3.63) is 64.9 Å². The van der Waals surface area contributed by atoms with Gasteiger partial charge in [0.15, 0.2) is 5.96 Å².